The minimum atomic E-state index is -4.26. The van der Waals surface area contributed by atoms with E-state index in [1.54, 1.807) is 12.1 Å². The highest BCUT2D eigenvalue weighted by molar-refractivity contribution is 5.50. The molecule has 3 unspecified atom stereocenters. The van der Waals surface area contributed by atoms with Gasteiger partial charge in [0.1, 0.15) is 0 Å². The first-order valence-corrected chi connectivity index (χ1v) is 6.39. The molecule has 0 saturated heterocycles. The molecule has 3 atom stereocenters. The van der Waals surface area contributed by atoms with Crippen molar-refractivity contribution in [3.8, 4) is 0 Å². The Bertz CT molecular complexity index is 467. The maximum atomic E-state index is 12.8. The number of hydrogen-bond acceptors (Lipinski definition) is 1. The van der Waals surface area contributed by atoms with Gasteiger partial charge in [0.15, 0.2) is 0 Å². The summed E-state index contributed by atoms with van der Waals surface area (Å²) < 4.78 is 38.4. The van der Waals surface area contributed by atoms with Crippen molar-refractivity contribution in [1.82, 2.24) is 0 Å². The van der Waals surface area contributed by atoms with Gasteiger partial charge in [-0.25, -0.2) is 0 Å². The lowest BCUT2D eigenvalue weighted by Crippen LogP contribution is -2.19. The zero-order valence-electron chi connectivity index (χ0n) is 10.2. The number of fused-ring (bicyclic) bond motifs is 1. The Morgan fingerprint density at radius 3 is 2.56 bits per heavy atom. The fourth-order valence-corrected chi connectivity index (χ4v) is 3.11. The van der Waals surface area contributed by atoms with Gasteiger partial charge in [0.05, 0.1) is 5.56 Å². The topological polar surface area (TPSA) is 12.0 Å². The average Bonchev–Trinajstić information content (AvgIpc) is 2.97. The Labute approximate surface area is 104 Å². The Balaban J connectivity index is 1.80. The third kappa shape index (κ3) is 2.08. The zero-order chi connectivity index (χ0) is 12.9. The van der Waals surface area contributed by atoms with E-state index in [4.69, 9.17) is 0 Å². The second-order valence-electron chi connectivity index (χ2n) is 5.52. The summed E-state index contributed by atoms with van der Waals surface area (Å²) >= 11 is 0. The molecule has 0 aliphatic heterocycles. The summed E-state index contributed by atoms with van der Waals surface area (Å²) in [6.45, 7) is 1.50. The van der Waals surface area contributed by atoms with E-state index in [-0.39, 0.29) is 5.56 Å². The molecule has 2 aliphatic carbocycles. The number of alkyl halides is 3. The van der Waals surface area contributed by atoms with Gasteiger partial charge in [0.25, 0.3) is 0 Å². The van der Waals surface area contributed by atoms with Gasteiger partial charge < -0.3 is 5.32 Å². The van der Waals surface area contributed by atoms with Crippen LogP contribution >= 0.6 is 0 Å². The molecule has 1 nitrogen and oxygen atoms in total. The van der Waals surface area contributed by atoms with Crippen molar-refractivity contribution in [2.24, 2.45) is 11.8 Å². The lowest BCUT2D eigenvalue weighted by molar-refractivity contribution is -0.138. The monoisotopic (exact) mass is 255 g/mol. The molecule has 0 radical (unpaired) electrons. The number of rotatable bonds is 2. The highest BCUT2D eigenvalue weighted by Gasteiger charge is 2.48. The normalized spacial score (nSPS) is 30.1. The molecule has 0 amide bonds. The average molecular weight is 255 g/mol. The standard InChI is InChI=1S/C14H16F3N/c1-8-2-4-10(7-12(8)14(15,16)17)18-13-5-3-9-6-11(9)13/h2,4,7,9,11,13,18H,3,5-6H2,1H3. The van der Waals surface area contributed by atoms with Crippen molar-refractivity contribution in [2.45, 2.75) is 38.4 Å². The van der Waals surface area contributed by atoms with Crippen LogP contribution in [0.25, 0.3) is 0 Å². The van der Waals surface area contributed by atoms with Crippen LogP contribution in [0.3, 0.4) is 0 Å². The van der Waals surface area contributed by atoms with Gasteiger partial charge in [-0.05, 0) is 55.7 Å². The van der Waals surface area contributed by atoms with Crippen molar-refractivity contribution in [3.05, 3.63) is 29.3 Å². The van der Waals surface area contributed by atoms with Gasteiger partial charge in [-0.15, -0.1) is 0 Å². The van der Waals surface area contributed by atoms with E-state index in [0.29, 0.717) is 17.6 Å². The molecule has 0 heterocycles. The lowest BCUT2D eigenvalue weighted by Gasteiger charge is -2.18. The van der Waals surface area contributed by atoms with E-state index >= 15 is 0 Å². The number of aryl methyl sites for hydroxylation is 1. The molecule has 1 aromatic carbocycles. The van der Waals surface area contributed by atoms with Crippen LogP contribution < -0.4 is 5.32 Å². The Morgan fingerprint density at radius 1 is 1.22 bits per heavy atom. The Hall–Kier alpha value is -1.19. The lowest BCUT2D eigenvalue weighted by atomic mass is 10.1. The van der Waals surface area contributed by atoms with E-state index in [9.17, 15) is 13.2 Å². The van der Waals surface area contributed by atoms with Gasteiger partial charge in [-0.1, -0.05) is 6.07 Å². The van der Waals surface area contributed by atoms with Gasteiger partial charge in [-0.3, -0.25) is 0 Å². The summed E-state index contributed by atoms with van der Waals surface area (Å²) in [5, 5.41) is 3.27. The molecule has 18 heavy (non-hydrogen) atoms. The molecule has 1 aromatic rings. The van der Waals surface area contributed by atoms with Gasteiger partial charge >= 0.3 is 6.18 Å². The molecule has 2 saturated carbocycles. The van der Waals surface area contributed by atoms with E-state index in [1.165, 1.54) is 25.8 Å². The van der Waals surface area contributed by atoms with Crippen LogP contribution in [0.2, 0.25) is 0 Å². The molecule has 0 bridgehead atoms. The van der Waals surface area contributed by atoms with Crippen molar-refractivity contribution in [3.63, 3.8) is 0 Å². The van der Waals surface area contributed by atoms with E-state index < -0.39 is 11.7 Å². The molecule has 3 rings (SSSR count). The summed E-state index contributed by atoms with van der Waals surface area (Å²) in [7, 11) is 0. The van der Waals surface area contributed by atoms with Crippen LogP contribution in [0.15, 0.2) is 18.2 Å². The second kappa shape index (κ2) is 3.90. The first-order valence-electron chi connectivity index (χ1n) is 6.39. The zero-order valence-corrected chi connectivity index (χ0v) is 10.2. The SMILES string of the molecule is Cc1ccc(NC2CCC3CC32)cc1C(F)(F)F. The fourth-order valence-electron chi connectivity index (χ4n) is 3.11. The van der Waals surface area contributed by atoms with Crippen LogP contribution in [0.5, 0.6) is 0 Å². The van der Waals surface area contributed by atoms with Crippen molar-refractivity contribution >= 4 is 5.69 Å². The molecule has 0 spiro atoms. The first-order chi connectivity index (χ1) is 8.45. The van der Waals surface area contributed by atoms with E-state index in [2.05, 4.69) is 5.32 Å². The summed E-state index contributed by atoms with van der Waals surface area (Å²) in [5.74, 6) is 1.52. The smallest absolute Gasteiger partial charge is 0.382 e. The third-order valence-electron chi connectivity index (χ3n) is 4.24. The number of benzene rings is 1. The predicted molar refractivity (Wildman–Crippen MR) is 64.4 cm³/mol. The van der Waals surface area contributed by atoms with Crippen molar-refractivity contribution in [2.75, 3.05) is 5.32 Å². The van der Waals surface area contributed by atoms with E-state index in [0.717, 1.165) is 12.3 Å². The molecule has 98 valence electrons. The highest BCUT2D eigenvalue weighted by Crippen LogP contribution is 2.52. The highest BCUT2D eigenvalue weighted by atomic mass is 19.4. The van der Waals surface area contributed by atoms with Crippen LogP contribution in [-0.2, 0) is 6.18 Å². The number of anilines is 1. The Kier molecular flexibility index (Phi) is 2.57. The Morgan fingerprint density at radius 2 is 2.00 bits per heavy atom. The molecule has 2 fully saturated rings. The van der Waals surface area contributed by atoms with Gasteiger partial charge in [0, 0.05) is 11.7 Å². The summed E-state index contributed by atoms with van der Waals surface area (Å²) in [5.41, 5.74) is 0.354. The fraction of sp³-hybridized carbons (Fsp3) is 0.571. The number of halogens is 3. The summed E-state index contributed by atoms with van der Waals surface area (Å²) in [6, 6.07) is 4.91. The minimum absolute atomic E-state index is 0.281. The molecule has 0 aromatic heterocycles. The minimum Gasteiger partial charge on any atom is -0.382 e. The number of nitrogens with one attached hydrogen (secondary N) is 1. The predicted octanol–water partition coefficient (Wildman–Crippen LogP) is 4.22. The third-order valence-corrected chi connectivity index (χ3v) is 4.24. The van der Waals surface area contributed by atoms with Gasteiger partial charge in [0.2, 0.25) is 0 Å². The molecular weight excluding hydrogens is 239 g/mol. The molecule has 1 N–H and O–H groups in total. The number of hydrogen-bond donors (Lipinski definition) is 1. The second-order valence-corrected chi connectivity index (χ2v) is 5.52. The molecule has 2 aliphatic rings. The van der Waals surface area contributed by atoms with E-state index in [1.807, 2.05) is 0 Å². The van der Waals surface area contributed by atoms with Crippen molar-refractivity contribution in [1.29, 1.82) is 0 Å². The first kappa shape index (κ1) is 11.9. The van der Waals surface area contributed by atoms with Crippen LogP contribution in [0, 0.1) is 18.8 Å². The van der Waals surface area contributed by atoms with Gasteiger partial charge in [-0.2, -0.15) is 13.2 Å². The summed E-state index contributed by atoms with van der Waals surface area (Å²) in [4.78, 5) is 0. The summed E-state index contributed by atoms with van der Waals surface area (Å²) in [6.07, 6.45) is -0.708. The largest absolute Gasteiger partial charge is 0.416 e. The molecule has 4 heteroatoms. The maximum absolute atomic E-state index is 12.8. The molecular formula is C14H16F3N. The quantitative estimate of drug-likeness (QED) is 0.834. The maximum Gasteiger partial charge on any atom is 0.416 e. The van der Waals surface area contributed by atoms with Crippen LogP contribution in [0.4, 0.5) is 18.9 Å². The van der Waals surface area contributed by atoms with Crippen LogP contribution in [-0.4, -0.2) is 6.04 Å². The van der Waals surface area contributed by atoms with Crippen LogP contribution in [0.1, 0.15) is 30.4 Å². The van der Waals surface area contributed by atoms with Crippen molar-refractivity contribution < 1.29 is 13.2 Å².